The third-order valence-electron chi connectivity index (χ3n) is 7.30. The Bertz CT molecular complexity index is 1470. The first-order chi connectivity index (χ1) is 20.8. The summed E-state index contributed by atoms with van der Waals surface area (Å²) in [7, 11) is 0. The van der Waals surface area contributed by atoms with Crippen molar-refractivity contribution in [3.05, 3.63) is 89.7 Å². The molecule has 0 saturated carbocycles. The van der Waals surface area contributed by atoms with Crippen LogP contribution < -0.4 is 9.64 Å². The number of piperazine rings is 1. The second-order valence-electron chi connectivity index (χ2n) is 12.0. The topological polar surface area (TPSA) is 79.4 Å². The number of carbonyl (C=O) groups excluding carboxylic acids is 3. The van der Waals surface area contributed by atoms with E-state index in [1.54, 1.807) is 48.8 Å². The molecular weight excluding hydrogens is 585 g/mol. The number of benzene rings is 3. The minimum Gasteiger partial charge on any atom is -0.457 e. The van der Waals surface area contributed by atoms with Crippen LogP contribution in [0.4, 0.5) is 14.9 Å². The van der Waals surface area contributed by atoms with Crippen LogP contribution in [0.15, 0.2) is 72.8 Å². The number of alkyl halides is 1. The highest BCUT2D eigenvalue weighted by atomic mass is 35.5. The van der Waals surface area contributed by atoms with Gasteiger partial charge in [-0.05, 0) is 95.1 Å². The van der Waals surface area contributed by atoms with Gasteiger partial charge in [0.1, 0.15) is 34.8 Å². The lowest BCUT2D eigenvalue weighted by Crippen LogP contribution is -2.62. The van der Waals surface area contributed by atoms with Crippen LogP contribution in [0, 0.1) is 12.7 Å². The summed E-state index contributed by atoms with van der Waals surface area (Å²) in [5.41, 5.74) is 0.897. The Labute approximate surface area is 263 Å². The van der Waals surface area contributed by atoms with Crippen molar-refractivity contribution in [1.29, 1.82) is 0 Å². The molecule has 1 aliphatic rings. The number of hydrogen-bond acceptors (Lipinski definition) is 5. The fourth-order valence-electron chi connectivity index (χ4n) is 5.47. The Morgan fingerprint density at radius 2 is 1.57 bits per heavy atom. The lowest BCUT2D eigenvalue weighted by atomic mass is 9.99. The van der Waals surface area contributed by atoms with Crippen LogP contribution in [-0.2, 0) is 14.3 Å². The second-order valence-corrected chi connectivity index (χ2v) is 12.3. The Balaban J connectivity index is 1.70. The molecule has 10 heteroatoms. The summed E-state index contributed by atoms with van der Waals surface area (Å²) in [6.45, 7) is 11.4. The fraction of sp³-hybridized carbons (Fsp3) is 0.382. The van der Waals surface area contributed by atoms with E-state index in [0.29, 0.717) is 28.3 Å². The zero-order chi connectivity index (χ0) is 32.2. The maximum atomic E-state index is 14.5. The summed E-state index contributed by atoms with van der Waals surface area (Å²) < 4.78 is 25.6. The maximum Gasteiger partial charge on any atom is 0.410 e. The van der Waals surface area contributed by atoms with Crippen LogP contribution in [0.25, 0.3) is 0 Å². The molecule has 1 saturated heterocycles. The third-order valence-corrected chi connectivity index (χ3v) is 7.53. The van der Waals surface area contributed by atoms with Gasteiger partial charge in [-0.3, -0.25) is 19.4 Å². The van der Waals surface area contributed by atoms with E-state index >= 15 is 0 Å². The van der Waals surface area contributed by atoms with Gasteiger partial charge in [-0.1, -0.05) is 30.3 Å². The van der Waals surface area contributed by atoms with Gasteiger partial charge in [0.2, 0.25) is 5.91 Å². The summed E-state index contributed by atoms with van der Waals surface area (Å²) >= 11 is 6.13. The molecule has 0 radical (unpaired) electrons. The Morgan fingerprint density at radius 3 is 2.11 bits per heavy atom. The summed E-state index contributed by atoms with van der Waals surface area (Å²) in [5.74, 6) is -0.514. The van der Waals surface area contributed by atoms with Crippen LogP contribution in [0.2, 0.25) is 0 Å². The number of carbonyl (C=O) groups is 3. The van der Waals surface area contributed by atoms with E-state index in [1.165, 1.54) is 29.2 Å². The standard InChI is InChI=1S/C34H39ClFN3O5/c1-22-18-28(43-27-10-8-7-9-11-27)16-17-29(22)39(30(40)19-35)31(25-12-14-26(36)15-13-25)32(41)37-20-23(2)38(24(3)21-37)33(42)44-34(4,5)6/h7-18,23-24,31H,19-21H2,1-6H3/t23-,24?,31?/m1/s1. The van der Waals surface area contributed by atoms with Gasteiger partial charge >= 0.3 is 6.09 Å². The molecule has 234 valence electrons. The fourth-order valence-corrected chi connectivity index (χ4v) is 5.59. The largest absolute Gasteiger partial charge is 0.457 e. The normalized spacial score (nSPS) is 17.5. The van der Waals surface area contributed by atoms with Gasteiger partial charge in [0.25, 0.3) is 5.91 Å². The quantitative estimate of drug-likeness (QED) is 0.262. The number of aryl methyl sites for hydroxylation is 1. The Morgan fingerprint density at radius 1 is 0.955 bits per heavy atom. The summed E-state index contributed by atoms with van der Waals surface area (Å²) in [4.78, 5) is 45.7. The lowest BCUT2D eigenvalue weighted by molar-refractivity contribution is -0.138. The zero-order valence-corrected chi connectivity index (χ0v) is 26.7. The van der Waals surface area contributed by atoms with E-state index in [-0.39, 0.29) is 37.0 Å². The molecule has 1 aliphatic heterocycles. The molecular formula is C34H39ClFN3O5. The second kappa shape index (κ2) is 13.7. The van der Waals surface area contributed by atoms with Crippen molar-refractivity contribution in [3.63, 3.8) is 0 Å². The average molecular weight is 624 g/mol. The molecule has 0 N–H and O–H groups in total. The van der Waals surface area contributed by atoms with E-state index in [9.17, 15) is 18.8 Å². The molecule has 1 heterocycles. The number of anilines is 1. The SMILES string of the molecule is Cc1cc(Oc2ccccc2)ccc1N(C(=O)CCl)C(C(=O)N1CC(C)N(C(=O)OC(C)(C)C)[C@H](C)C1)c1ccc(F)cc1. The van der Waals surface area contributed by atoms with Crippen LogP contribution >= 0.6 is 11.6 Å². The first-order valence-corrected chi connectivity index (χ1v) is 15.1. The van der Waals surface area contributed by atoms with E-state index in [1.807, 2.05) is 51.1 Å². The zero-order valence-electron chi connectivity index (χ0n) is 25.9. The first kappa shape index (κ1) is 32.8. The number of para-hydroxylation sites is 1. The molecule has 3 amide bonds. The molecule has 0 aromatic heterocycles. The van der Waals surface area contributed by atoms with Crippen LogP contribution in [0.3, 0.4) is 0 Å². The highest BCUT2D eigenvalue weighted by Gasteiger charge is 2.42. The number of rotatable bonds is 7. The van der Waals surface area contributed by atoms with Crippen molar-refractivity contribution in [3.8, 4) is 11.5 Å². The predicted molar refractivity (Wildman–Crippen MR) is 169 cm³/mol. The maximum absolute atomic E-state index is 14.5. The minimum absolute atomic E-state index is 0.214. The number of nitrogens with zero attached hydrogens (tertiary/aromatic N) is 3. The minimum atomic E-state index is -1.14. The molecule has 44 heavy (non-hydrogen) atoms. The molecule has 0 bridgehead atoms. The van der Waals surface area contributed by atoms with Crippen molar-refractivity contribution in [2.75, 3.05) is 23.9 Å². The summed E-state index contributed by atoms with van der Waals surface area (Å²) in [6.07, 6.45) is -0.452. The van der Waals surface area contributed by atoms with Crippen LogP contribution in [0.1, 0.15) is 51.8 Å². The molecule has 3 aromatic rings. The Hall–Kier alpha value is -4.11. The number of amides is 3. The van der Waals surface area contributed by atoms with E-state index in [4.69, 9.17) is 21.1 Å². The summed E-state index contributed by atoms with van der Waals surface area (Å²) in [6, 6.07) is 18.2. The summed E-state index contributed by atoms with van der Waals surface area (Å²) in [5, 5.41) is 0. The number of hydrogen-bond donors (Lipinski definition) is 0. The van der Waals surface area contributed by atoms with Gasteiger partial charge in [-0.25, -0.2) is 9.18 Å². The van der Waals surface area contributed by atoms with Crippen molar-refractivity contribution >= 4 is 35.2 Å². The highest BCUT2D eigenvalue weighted by molar-refractivity contribution is 6.30. The molecule has 0 aliphatic carbocycles. The lowest BCUT2D eigenvalue weighted by Gasteiger charge is -2.46. The third kappa shape index (κ3) is 7.69. The molecule has 1 fully saturated rings. The van der Waals surface area contributed by atoms with Crippen LogP contribution in [0.5, 0.6) is 11.5 Å². The van der Waals surface area contributed by atoms with Gasteiger partial charge in [-0.15, -0.1) is 11.6 Å². The van der Waals surface area contributed by atoms with Gasteiger partial charge in [0.15, 0.2) is 0 Å². The molecule has 4 rings (SSSR count). The van der Waals surface area contributed by atoms with Crippen molar-refractivity contribution in [2.45, 2.75) is 65.3 Å². The molecule has 0 spiro atoms. The monoisotopic (exact) mass is 623 g/mol. The van der Waals surface area contributed by atoms with E-state index < -0.39 is 29.5 Å². The smallest absolute Gasteiger partial charge is 0.410 e. The van der Waals surface area contributed by atoms with Crippen molar-refractivity contribution < 1.29 is 28.2 Å². The molecule has 3 atom stereocenters. The predicted octanol–water partition coefficient (Wildman–Crippen LogP) is 7.10. The number of halogens is 2. The number of ether oxygens (including phenoxy) is 2. The van der Waals surface area contributed by atoms with E-state index in [0.717, 1.165) is 0 Å². The van der Waals surface area contributed by atoms with Gasteiger partial charge in [0, 0.05) is 18.8 Å². The van der Waals surface area contributed by atoms with Gasteiger partial charge < -0.3 is 14.4 Å². The average Bonchev–Trinajstić information content (AvgIpc) is 2.95. The van der Waals surface area contributed by atoms with Crippen molar-refractivity contribution in [1.82, 2.24) is 9.80 Å². The molecule has 3 aromatic carbocycles. The van der Waals surface area contributed by atoms with Gasteiger partial charge in [-0.2, -0.15) is 0 Å². The van der Waals surface area contributed by atoms with E-state index in [2.05, 4.69) is 0 Å². The van der Waals surface area contributed by atoms with Gasteiger partial charge in [0.05, 0.1) is 12.1 Å². The van der Waals surface area contributed by atoms with Crippen molar-refractivity contribution in [2.24, 2.45) is 0 Å². The molecule has 8 nitrogen and oxygen atoms in total. The Kier molecular flexibility index (Phi) is 10.2. The highest BCUT2D eigenvalue weighted by Crippen LogP contribution is 2.36. The molecule has 2 unspecified atom stereocenters. The first-order valence-electron chi connectivity index (χ1n) is 14.6. The van der Waals surface area contributed by atoms with Crippen LogP contribution in [-0.4, -0.2) is 64.4 Å².